The summed E-state index contributed by atoms with van der Waals surface area (Å²) in [5, 5.41) is 0. The highest BCUT2D eigenvalue weighted by molar-refractivity contribution is 7.07. The van der Waals surface area contributed by atoms with Crippen LogP contribution in [0.5, 0.6) is 17.2 Å². The number of carbonyl (C=O) groups excluding carboxylic acids is 1. The van der Waals surface area contributed by atoms with Crippen LogP contribution in [-0.2, 0) is 14.3 Å². The number of aromatic nitrogens is 1. The molecule has 0 spiro atoms. The van der Waals surface area contributed by atoms with Crippen LogP contribution < -0.4 is 29.1 Å². The summed E-state index contributed by atoms with van der Waals surface area (Å²) in [6.45, 7) is 5.91. The summed E-state index contributed by atoms with van der Waals surface area (Å²) in [6.07, 6.45) is 1.64. The van der Waals surface area contributed by atoms with Gasteiger partial charge in [0.1, 0.15) is 29.9 Å². The van der Waals surface area contributed by atoms with Crippen molar-refractivity contribution in [2.45, 2.75) is 32.9 Å². The minimum Gasteiger partial charge on any atom is -0.497 e. The summed E-state index contributed by atoms with van der Waals surface area (Å²) in [5.41, 5.74) is 1.81. The normalized spacial score (nSPS) is 15.2. The van der Waals surface area contributed by atoms with Gasteiger partial charge in [0.25, 0.3) is 5.56 Å². The molecule has 0 N–H and O–H groups in total. The predicted molar refractivity (Wildman–Crippen MR) is 148 cm³/mol. The van der Waals surface area contributed by atoms with E-state index in [4.69, 9.17) is 23.7 Å². The van der Waals surface area contributed by atoms with Gasteiger partial charge in [-0.1, -0.05) is 29.5 Å². The SMILES string of the molecule is COCCOC(=O)C1=C(C)N=c2s/c(=C/c3ccc(OC)cc3OC)c(=O)n2[C@H]1c1ccccc1OC(C)C. The lowest BCUT2D eigenvalue weighted by molar-refractivity contribution is -0.140. The third-order valence-corrected chi connectivity index (χ3v) is 7.05. The Kier molecular flexibility index (Phi) is 8.88. The lowest BCUT2D eigenvalue weighted by Gasteiger charge is -2.27. The zero-order valence-electron chi connectivity index (χ0n) is 22.8. The molecule has 1 aliphatic rings. The Labute approximate surface area is 230 Å². The van der Waals surface area contributed by atoms with Crippen molar-refractivity contribution in [1.29, 1.82) is 0 Å². The number of hydrogen-bond acceptors (Lipinski definition) is 9. The summed E-state index contributed by atoms with van der Waals surface area (Å²) in [5.74, 6) is 1.20. The van der Waals surface area contributed by atoms with E-state index >= 15 is 0 Å². The van der Waals surface area contributed by atoms with Crippen LogP contribution >= 0.6 is 11.3 Å². The van der Waals surface area contributed by atoms with Gasteiger partial charge in [0.05, 0.1) is 42.7 Å². The van der Waals surface area contributed by atoms with Crippen molar-refractivity contribution in [2.75, 3.05) is 34.5 Å². The molecule has 0 radical (unpaired) electrons. The summed E-state index contributed by atoms with van der Waals surface area (Å²) in [6, 6.07) is 12.0. The summed E-state index contributed by atoms with van der Waals surface area (Å²) in [4.78, 5) is 32.5. The van der Waals surface area contributed by atoms with Gasteiger partial charge in [0, 0.05) is 24.3 Å². The number of hydrogen-bond donors (Lipinski definition) is 0. The molecule has 39 heavy (non-hydrogen) atoms. The van der Waals surface area contributed by atoms with Crippen molar-refractivity contribution in [1.82, 2.24) is 4.57 Å². The summed E-state index contributed by atoms with van der Waals surface area (Å²) < 4.78 is 29.4. The van der Waals surface area contributed by atoms with E-state index in [1.165, 1.54) is 23.0 Å². The maximum atomic E-state index is 14.0. The second-order valence-corrected chi connectivity index (χ2v) is 10.0. The molecule has 0 bridgehead atoms. The largest absolute Gasteiger partial charge is 0.497 e. The molecule has 1 aromatic heterocycles. The number of esters is 1. The van der Waals surface area contributed by atoms with Gasteiger partial charge in [0.2, 0.25) is 0 Å². The molecule has 4 rings (SSSR count). The molecule has 1 atom stereocenters. The quantitative estimate of drug-likeness (QED) is 0.281. The average molecular weight is 553 g/mol. The van der Waals surface area contributed by atoms with Crippen LogP contribution in [0.4, 0.5) is 0 Å². The molecule has 1 aliphatic heterocycles. The second-order valence-electron chi connectivity index (χ2n) is 9.02. The third kappa shape index (κ3) is 5.91. The van der Waals surface area contributed by atoms with E-state index in [1.54, 1.807) is 39.4 Å². The molecule has 3 aromatic rings. The first-order valence-electron chi connectivity index (χ1n) is 12.4. The molecule has 0 amide bonds. The maximum absolute atomic E-state index is 14.0. The van der Waals surface area contributed by atoms with Crippen molar-refractivity contribution < 1.29 is 28.5 Å². The molecular formula is C29H32N2O7S. The van der Waals surface area contributed by atoms with Gasteiger partial charge in [-0.2, -0.15) is 0 Å². The molecule has 206 valence electrons. The Bertz CT molecular complexity index is 1570. The molecule has 0 aliphatic carbocycles. The monoisotopic (exact) mass is 552 g/mol. The average Bonchev–Trinajstić information content (AvgIpc) is 3.22. The zero-order valence-corrected chi connectivity index (χ0v) is 23.7. The molecular weight excluding hydrogens is 520 g/mol. The summed E-state index contributed by atoms with van der Waals surface area (Å²) >= 11 is 1.24. The molecule has 2 aromatic carbocycles. The molecule has 10 heteroatoms. The van der Waals surface area contributed by atoms with Crippen LogP contribution in [0.3, 0.4) is 0 Å². The van der Waals surface area contributed by atoms with Crippen molar-refractivity contribution in [2.24, 2.45) is 4.99 Å². The Morgan fingerprint density at radius 2 is 1.85 bits per heavy atom. The lowest BCUT2D eigenvalue weighted by Crippen LogP contribution is -2.40. The van der Waals surface area contributed by atoms with E-state index in [9.17, 15) is 9.59 Å². The Hall–Kier alpha value is -3.89. The van der Waals surface area contributed by atoms with E-state index in [0.29, 0.717) is 43.4 Å². The number of methoxy groups -OCH3 is 3. The number of fused-ring (bicyclic) bond motifs is 1. The third-order valence-electron chi connectivity index (χ3n) is 6.07. The van der Waals surface area contributed by atoms with Gasteiger partial charge in [-0.05, 0) is 45.0 Å². The van der Waals surface area contributed by atoms with Crippen molar-refractivity contribution in [3.63, 3.8) is 0 Å². The van der Waals surface area contributed by atoms with E-state index in [2.05, 4.69) is 4.99 Å². The topological polar surface area (TPSA) is 97.6 Å². The number of benzene rings is 2. The van der Waals surface area contributed by atoms with E-state index in [1.807, 2.05) is 44.2 Å². The highest BCUT2D eigenvalue weighted by Gasteiger charge is 2.35. The minimum absolute atomic E-state index is 0.0741. The minimum atomic E-state index is -0.800. The van der Waals surface area contributed by atoms with E-state index in [0.717, 1.165) is 0 Å². The summed E-state index contributed by atoms with van der Waals surface area (Å²) in [7, 11) is 4.67. The molecule has 2 heterocycles. The van der Waals surface area contributed by atoms with Gasteiger partial charge in [-0.15, -0.1) is 0 Å². The number of carbonyl (C=O) groups is 1. The highest BCUT2D eigenvalue weighted by atomic mass is 32.1. The Morgan fingerprint density at radius 3 is 2.54 bits per heavy atom. The molecule has 0 saturated heterocycles. The number of para-hydroxylation sites is 1. The Balaban J connectivity index is 1.93. The number of thiazole rings is 1. The first kappa shape index (κ1) is 28.1. The second kappa shape index (κ2) is 12.3. The first-order valence-corrected chi connectivity index (χ1v) is 13.3. The lowest BCUT2D eigenvalue weighted by atomic mass is 9.95. The van der Waals surface area contributed by atoms with Crippen LogP contribution in [0.2, 0.25) is 0 Å². The fourth-order valence-electron chi connectivity index (χ4n) is 4.32. The highest BCUT2D eigenvalue weighted by Crippen LogP contribution is 2.36. The fourth-order valence-corrected chi connectivity index (χ4v) is 5.36. The van der Waals surface area contributed by atoms with Gasteiger partial charge >= 0.3 is 5.97 Å². The van der Waals surface area contributed by atoms with Crippen LogP contribution in [0.25, 0.3) is 6.08 Å². The van der Waals surface area contributed by atoms with Gasteiger partial charge in [-0.25, -0.2) is 9.79 Å². The van der Waals surface area contributed by atoms with Crippen LogP contribution in [0.15, 0.2) is 63.5 Å². The standard InChI is InChI=1S/C29H32N2O7S/c1-17(2)38-22-10-8-7-9-21(22)26-25(28(33)37-14-13-34-4)18(3)30-29-31(26)27(32)24(39-29)15-19-11-12-20(35-5)16-23(19)36-6/h7-12,15-17,26H,13-14H2,1-6H3/b24-15+/t26-/m0/s1. The molecule has 0 fully saturated rings. The fraction of sp³-hybridized carbons (Fsp3) is 0.345. The number of rotatable bonds is 10. The number of allylic oxidation sites excluding steroid dienone is 1. The number of nitrogens with zero attached hydrogens (tertiary/aromatic N) is 2. The van der Waals surface area contributed by atoms with Gasteiger partial charge < -0.3 is 23.7 Å². The van der Waals surface area contributed by atoms with Crippen molar-refractivity contribution in [3.05, 3.63) is 84.5 Å². The van der Waals surface area contributed by atoms with Crippen molar-refractivity contribution >= 4 is 23.4 Å². The first-order chi connectivity index (χ1) is 18.8. The van der Waals surface area contributed by atoms with Crippen LogP contribution in [-0.4, -0.2) is 51.2 Å². The van der Waals surface area contributed by atoms with Gasteiger partial charge in [0.15, 0.2) is 4.80 Å². The number of ether oxygens (including phenoxy) is 5. The molecule has 0 unspecified atom stereocenters. The maximum Gasteiger partial charge on any atom is 0.338 e. The van der Waals surface area contributed by atoms with Crippen LogP contribution in [0.1, 0.15) is 37.9 Å². The molecule has 9 nitrogen and oxygen atoms in total. The van der Waals surface area contributed by atoms with E-state index in [-0.39, 0.29) is 30.5 Å². The predicted octanol–water partition coefficient (Wildman–Crippen LogP) is 3.23. The van der Waals surface area contributed by atoms with E-state index < -0.39 is 12.0 Å². The Morgan fingerprint density at radius 1 is 1.08 bits per heavy atom. The molecule has 0 saturated carbocycles. The van der Waals surface area contributed by atoms with Crippen LogP contribution in [0, 0.1) is 0 Å². The van der Waals surface area contributed by atoms with Crippen molar-refractivity contribution in [3.8, 4) is 17.2 Å². The smallest absolute Gasteiger partial charge is 0.338 e. The van der Waals surface area contributed by atoms with Gasteiger partial charge in [-0.3, -0.25) is 9.36 Å². The zero-order chi connectivity index (χ0) is 28.1.